The lowest BCUT2D eigenvalue weighted by Crippen LogP contribution is -2.10. The van der Waals surface area contributed by atoms with E-state index in [1.54, 1.807) is 12.1 Å². The molecule has 0 bridgehead atoms. The number of carbonyl (C=O) groups excluding carboxylic acids is 1. The fourth-order valence-electron chi connectivity index (χ4n) is 1.59. The Balaban J connectivity index is 2.41. The Morgan fingerprint density at radius 1 is 1.05 bits per heavy atom. The van der Waals surface area contributed by atoms with Crippen molar-refractivity contribution in [2.24, 2.45) is 0 Å². The van der Waals surface area contributed by atoms with Gasteiger partial charge in [0.25, 0.3) is 0 Å². The molecule has 7 heteroatoms. The van der Waals surface area contributed by atoms with Crippen LogP contribution in [0.3, 0.4) is 0 Å². The third kappa shape index (κ3) is 3.72. The third-order valence-electron chi connectivity index (χ3n) is 2.66. The minimum atomic E-state index is -3.94. The molecule has 0 saturated heterocycles. The van der Waals surface area contributed by atoms with Crippen LogP contribution in [0.25, 0.3) is 0 Å². The summed E-state index contributed by atoms with van der Waals surface area (Å²) in [6.45, 7) is 1.86. The van der Waals surface area contributed by atoms with Crippen molar-refractivity contribution < 1.29 is 17.4 Å². The van der Waals surface area contributed by atoms with Crippen molar-refractivity contribution in [1.82, 2.24) is 0 Å². The first-order valence-corrected chi connectivity index (χ1v) is 8.78. The molecule has 0 N–H and O–H groups in total. The van der Waals surface area contributed by atoms with Gasteiger partial charge in [-0.2, -0.15) is 8.42 Å². The summed E-state index contributed by atoms with van der Waals surface area (Å²) < 4.78 is 30.4. The highest BCUT2D eigenvalue weighted by Crippen LogP contribution is 2.36. The summed E-state index contributed by atoms with van der Waals surface area (Å²) in [6, 6.07) is 9.31. The first-order valence-electron chi connectivity index (χ1n) is 5.79. The van der Waals surface area contributed by atoms with Gasteiger partial charge < -0.3 is 4.18 Å². The van der Waals surface area contributed by atoms with E-state index >= 15 is 0 Å². The van der Waals surface area contributed by atoms with E-state index < -0.39 is 10.1 Å². The van der Waals surface area contributed by atoms with Gasteiger partial charge in [0.1, 0.15) is 11.2 Å². The average Bonchev–Trinajstić information content (AvgIpc) is 2.43. The minimum Gasteiger partial charge on any atom is -0.377 e. The monoisotopic (exact) mass is 432 g/mol. The van der Waals surface area contributed by atoms with E-state index in [-0.39, 0.29) is 10.6 Å². The Labute approximate surface area is 139 Å². The predicted octanol–water partition coefficient (Wildman–Crippen LogP) is 4.10. The van der Waals surface area contributed by atoms with Crippen molar-refractivity contribution in [2.45, 2.75) is 11.8 Å². The summed E-state index contributed by atoms with van der Waals surface area (Å²) >= 11 is 6.39. The van der Waals surface area contributed by atoms with E-state index in [9.17, 15) is 13.2 Å². The highest BCUT2D eigenvalue weighted by Gasteiger charge is 2.20. The zero-order valence-corrected chi connectivity index (χ0v) is 14.8. The molecule has 0 aliphatic carbocycles. The van der Waals surface area contributed by atoms with Gasteiger partial charge in [-0.3, -0.25) is 4.79 Å². The Bertz CT molecular complexity index is 760. The molecule has 0 amide bonds. The Morgan fingerprint density at radius 3 is 2.05 bits per heavy atom. The van der Waals surface area contributed by atoms with E-state index in [1.165, 1.54) is 24.3 Å². The summed E-state index contributed by atoms with van der Waals surface area (Å²) in [5.41, 5.74) is 1.35. The van der Waals surface area contributed by atoms with Gasteiger partial charge in [0.05, 0.1) is 8.95 Å². The predicted molar refractivity (Wildman–Crippen MR) is 86.2 cm³/mol. The summed E-state index contributed by atoms with van der Waals surface area (Å²) in [5.74, 6) is 0.0983. The van der Waals surface area contributed by atoms with Crippen LogP contribution in [0.4, 0.5) is 0 Å². The standard InChI is InChI=1S/C14H10Br2O4S/c1-9-2-4-11(5-3-9)21(18,19)20-14-12(15)6-10(8-17)7-13(14)16/h2-8H,1H3. The Hall–Kier alpha value is -1.18. The molecule has 4 nitrogen and oxygen atoms in total. The molecule has 0 radical (unpaired) electrons. The maximum atomic E-state index is 12.2. The van der Waals surface area contributed by atoms with Crippen molar-refractivity contribution in [3.63, 3.8) is 0 Å². The second kappa shape index (κ2) is 6.29. The number of hydrogen-bond acceptors (Lipinski definition) is 4. The number of hydrogen-bond donors (Lipinski definition) is 0. The van der Waals surface area contributed by atoms with Crippen LogP contribution in [0.15, 0.2) is 50.2 Å². The molecule has 0 aliphatic rings. The third-order valence-corrected chi connectivity index (χ3v) is 5.07. The minimum absolute atomic E-state index is 0.0614. The molecular formula is C14H10Br2O4S. The van der Waals surface area contributed by atoms with Crippen LogP contribution in [-0.2, 0) is 10.1 Å². The summed E-state index contributed by atoms with van der Waals surface area (Å²) in [5, 5.41) is 0. The van der Waals surface area contributed by atoms with Gasteiger partial charge in [0, 0.05) is 5.56 Å². The Morgan fingerprint density at radius 2 is 1.57 bits per heavy atom. The van der Waals surface area contributed by atoms with Crippen molar-refractivity contribution in [2.75, 3.05) is 0 Å². The lowest BCUT2D eigenvalue weighted by atomic mass is 10.2. The SMILES string of the molecule is Cc1ccc(S(=O)(=O)Oc2c(Br)cc(C=O)cc2Br)cc1. The maximum Gasteiger partial charge on any atom is 0.339 e. The number of benzene rings is 2. The fourth-order valence-corrected chi connectivity index (χ4v) is 4.15. The van der Waals surface area contributed by atoms with E-state index in [4.69, 9.17) is 4.18 Å². The molecule has 0 atom stereocenters. The number of carbonyl (C=O) groups is 1. The van der Waals surface area contributed by atoms with Crippen LogP contribution >= 0.6 is 31.9 Å². The normalized spacial score (nSPS) is 11.2. The topological polar surface area (TPSA) is 60.4 Å². The molecular weight excluding hydrogens is 424 g/mol. The lowest BCUT2D eigenvalue weighted by molar-refractivity contribution is 0.112. The lowest BCUT2D eigenvalue weighted by Gasteiger charge is -2.11. The van der Waals surface area contributed by atoms with Crippen molar-refractivity contribution in [3.8, 4) is 5.75 Å². The number of rotatable bonds is 4. The van der Waals surface area contributed by atoms with Crippen LogP contribution in [0.1, 0.15) is 15.9 Å². The zero-order valence-electron chi connectivity index (χ0n) is 10.8. The summed E-state index contributed by atoms with van der Waals surface area (Å²) in [6.07, 6.45) is 0.660. The van der Waals surface area contributed by atoms with E-state index in [0.717, 1.165) is 5.56 Å². The molecule has 0 aromatic heterocycles. The van der Waals surface area contributed by atoms with E-state index in [2.05, 4.69) is 31.9 Å². The average molecular weight is 434 g/mol. The van der Waals surface area contributed by atoms with Crippen LogP contribution < -0.4 is 4.18 Å². The molecule has 0 heterocycles. The van der Waals surface area contributed by atoms with Crippen LogP contribution in [-0.4, -0.2) is 14.7 Å². The van der Waals surface area contributed by atoms with Crippen LogP contribution in [0.2, 0.25) is 0 Å². The second-order valence-corrected chi connectivity index (χ2v) is 7.54. The molecule has 110 valence electrons. The van der Waals surface area contributed by atoms with Crippen molar-refractivity contribution in [1.29, 1.82) is 0 Å². The second-order valence-electron chi connectivity index (χ2n) is 4.28. The Kier molecular flexibility index (Phi) is 4.85. The first-order chi connectivity index (χ1) is 9.83. The van der Waals surface area contributed by atoms with Gasteiger partial charge in [0.15, 0.2) is 5.75 Å². The molecule has 2 aromatic carbocycles. The van der Waals surface area contributed by atoms with Gasteiger partial charge in [-0.25, -0.2) is 0 Å². The molecule has 21 heavy (non-hydrogen) atoms. The number of aldehydes is 1. The smallest absolute Gasteiger partial charge is 0.339 e. The molecule has 0 spiro atoms. The molecule has 0 unspecified atom stereocenters. The zero-order chi connectivity index (χ0) is 15.6. The first kappa shape index (κ1) is 16.2. The van der Waals surface area contributed by atoms with E-state index in [0.29, 0.717) is 20.8 Å². The highest BCUT2D eigenvalue weighted by molar-refractivity contribution is 9.11. The van der Waals surface area contributed by atoms with Crippen LogP contribution in [0, 0.1) is 6.92 Å². The van der Waals surface area contributed by atoms with Crippen molar-refractivity contribution >= 4 is 48.3 Å². The van der Waals surface area contributed by atoms with Crippen LogP contribution in [0.5, 0.6) is 5.75 Å². The molecule has 0 saturated carbocycles. The van der Waals surface area contributed by atoms with Gasteiger partial charge in [-0.1, -0.05) is 17.7 Å². The largest absolute Gasteiger partial charge is 0.377 e. The van der Waals surface area contributed by atoms with Gasteiger partial charge in [-0.05, 0) is 63.0 Å². The van der Waals surface area contributed by atoms with E-state index in [1.807, 2.05) is 6.92 Å². The van der Waals surface area contributed by atoms with Gasteiger partial charge in [0.2, 0.25) is 0 Å². The fraction of sp³-hybridized carbons (Fsp3) is 0.0714. The van der Waals surface area contributed by atoms with Crippen molar-refractivity contribution in [3.05, 3.63) is 56.5 Å². The quantitative estimate of drug-likeness (QED) is 0.537. The summed E-state index contributed by atoms with van der Waals surface area (Å²) in [4.78, 5) is 10.8. The number of aryl methyl sites for hydroxylation is 1. The molecule has 2 aromatic rings. The van der Waals surface area contributed by atoms with Gasteiger partial charge >= 0.3 is 10.1 Å². The highest BCUT2D eigenvalue weighted by atomic mass is 79.9. The summed E-state index contributed by atoms with van der Waals surface area (Å²) in [7, 11) is -3.94. The molecule has 0 aliphatic heterocycles. The maximum absolute atomic E-state index is 12.2. The number of halogens is 2. The van der Waals surface area contributed by atoms with Gasteiger partial charge in [-0.15, -0.1) is 0 Å². The molecule has 2 rings (SSSR count). The molecule has 0 fully saturated rings.